The number of nitro benzene ring substituents is 1. The second-order valence-electron chi connectivity index (χ2n) is 4.69. The quantitative estimate of drug-likeness (QED) is 0.605. The maximum absolute atomic E-state index is 10.8. The van der Waals surface area contributed by atoms with Gasteiger partial charge in [-0.05, 0) is 36.2 Å². The minimum Gasteiger partial charge on any atom is -0.306 e. The molecule has 4 nitrogen and oxygen atoms in total. The van der Waals surface area contributed by atoms with Gasteiger partial charge in [-0.15, -0.1) is 0 Å². The maximum Gasteiger partial charge on any atom is 0.269 e. The van der Waals surface area contributed by atoms with E-state index in [0.29, 0.717) is 17.1 Å². The summed E-state index contributed by atoms with van der Waals surface area (Å²) in [6.07, 6.45) is 0. The molecule has 0 aliphatic rings. The van der Waals surface area contributed by atoms with E-state index in [1.165, 1.54) is 12.1 Å². The fourth-order valence-electron chi connectivity index (χ4n) is 1.97. The summed E-state index contributed by atoms with van der Waals surface area (Å²) in [5, 5.41) is 14.6. The van der Waals surface area contributed by atoms with E-state index in [4.69, 9.17) is 11.6 Å². The lowest BCUT2D eigenvalue weighted by atomic mass is 10.1. The van der Waals surface area contributed by atoms with Gasteiger partial charge in [-0.1, -0.05) is 39.7 Å². The number of nitrogens with zero attached hydrogens (tertiary/aromatic N) is 1. The summed E-state index contributed by atoms with van der Waals surface area (Å²) in [4.78, 5) is 10.4. The zero-order valence-corrected chi connectivity index (χ0v) is 13.7. The van der Waals surface area contributed by atoms with Gasteiger partial charge in [-0.2, -0.15) is 0 Å². The topological polar surface area (TPSA) is 55.2 Å². The molecule has 0 saturated carbocycles. The number of nitro groups is 1. The minimum atomic E-state index is -0.419. The molecular weight excluding hydrogens is 356 g/mol. The first-order chi connectivity index (χ1) is 9.97. The van der Waals surface area contributed by atoms with Crippen LogP contribution in [0, 0.1) is 10.1 Å². The van der Waals surface area contributed by atoms with E-state index in [-0.39, 0.29) is 11.7 Å². The number of hydrogen-bond donors (Lipinski definition) is 1. The molecule has 110 valence electrons. The molecule has 2 rings (SSSR count). The summed E-state index contributed by atoms with van der Waals surface area (Å²) in [5.41, 5.74) is 1.89. The molecule has 0 heterocycles. The number of nitrogens with one attached hydrogen (secondary N) is 1. The Morgan fingerprint density at radius 1 is 1.33 bits per heavy atom. The SMILES string of the molecule is C[C@@H](NCc1cc([N+](=O)[O-])ccc1Cl)c1cccc(Br)c1. The summed E-state index contributed by atoms with van der Waals surface area (Å²) >= 11 is 9.53. The van der Waals surface area contributed by atoms with Gasteiger partial charge in [0, 0.05) is 34.2 Å². The van der Waals surface area contributed by atoms with E-state index in [2.05, 4.69) is 21.2 Å². The fourth-order valence-corrected chi connectivity index (χ4v) is 2.57. The molecule has 0 aliphatic carbocycles. The molecule has 1 N–H and O–H groups in total. The lowest BCUT2D eigenvalue weighted by Gasteiger charge is -2.15. The lowest BCUT2D eigenvalue weighted by Crippen LogP contribution is -2.18. The normalized spacial score (nSPS) is 12.1. The third-order valence-corrected chi connectivity index (χ3v) is 4.05. The van der Waals surface area contributed by atoms with Crippen LogP contribution in [0.15, 0.2) is 46.9 Å². The molecule has 6 heteroatoms. The van der Waals surface area contributed by atoms with Gasteiger partial charge in [0.15, 0.2) is 0 Å². The third-order valence-electron chi connectivity index (χ3n) is 3.19. The first kappa shape index (κ1) is 15.9. The Labute approximate surface area is 136 Å². The van der Waals surface area contributed by atoms with Gasteiger partial charge in [-0.25, -0.2) is 0 Å². The van der Waals surface area contributed by atoms with Crippen molar-refractivity contribution in [2.75, 3.05) is 0 Å². The van der Waals surface area contributed by atoms with Crippen LogP contribution >= 0.6 is 27.5 Å². The number of rotatable bonds is 5. The van der Waals surface area contributed by atoms with E-state index in [1.807, 2.05) is 31.2 Å². The standard InChI is InChI=1S/C15H14BrClN2O2/c1-10(11-3-2-4-13(16)7-11)18-9-12-8-14(19(20)21)5-6-15(12)17/h2-8,10,18H,9H2,1H3/t10-/m1/s1. The Hall–Kier alpha value is -1.43. The van der Waals surface area contributed by atoms with Crippen molar-refractivity contribution in [3.8, 4) is 0 Å². The first-order valence-electron chi connectivity index (χ1n) is 6.39. The minimum absolute atomic E-state index is 0.0475. The van der Waals surface area contributed by atoms with Crippen molar-refractivity contribution >= 4 is 33.2 Å². The summed E-state index contributed by atoms with van der Waals surface area (Å²) in [6, 6.07) is 12.6. The van der Waals surface area contributed by atoms with Crippen molar-refractivity contribution in [1.29, 1.82) is 0 Å². The highest BCUT2D eigenvalue weighted by molar-refractivity contribution is 9.10. The van der Waals surface area contributed by atoms with Crippen LogP contribution in [0.25, 0.3) is 0 Å². The van der Waals surface area contributed by atoms with Crippen molar-refractivity contribution in [3.05, 3.63) is 73.2 Å². The molecule has 0 aliphatic heterocycles. The molecule has 1 atom stereocenters. The zero-order chi connectivity index (χ0) is 15.4. The molecule has 0 spiro atoms. The highest BCUT2D eigenvalue weighted by Gasteiger charge is 2.11. The smallest absolute Gasteiger partial charge is 0.269 e. The predicted molar refractivity (Wildman–Crippen MR) is 87.5 cm³/mol. The summed E-state index contributed by atoms with van der Waals surface area (Å²) < 4.78 is 1.02. The molecule has 0 bridgehead atoms. The first-order valence-corrected chi connectivity index (χ1v) is 7.56. The Kier molecular flexibility index (Phi) is 5.33. The lowest BCUT2D eigenvalue weighted by molar-refractivity contribution is -0.384. The van der Waals surface area contributed by atoms with Gasteiger partial charge < -0.3 is 5.32 Å². The van der Waals surface area contributed by atoms with E-state index in [0.717, 1.165) is 10.0 Å². The average Bonchev–Trinajstić information content (AvgIpc) is 2.45. The van der Waals surface area contributed by atoms with E-state index in [9.17, 15) is 10.1 Å². The van der Waals surface area contributed by atoms with Crippen LogP contribution in [-0.4, -0.2) is 4.92 Å². The van der Waals surface area contributed by atoms with Crippen molar-refractivity contribution in [3.63, 3.8) is 0 Å². The molecule has 0 saturated heterocycles. The van der Waals surface area contributed by atoms with Crippen LogP contribution in [0.4, 0.5) is 5.69 Å². The van der Waals surface area contributed by atoms with Crippen molar-refractivity contribution in [2.45, 2.75) is 19.5 Å². The molecule has 21 heavy (non-hydrogen) atoms. The van der Waals surface area contributed by atoms with E-state index in [1.54, 1.807) is 6.07 Å². The second-order valence-corrected chi connectivity index (χ2v) is 6.01. The molecule has 0 amide bonds. The van der Waals surface area contributed by atoms with Gasteiger partial charge in [0.1, 0.15) is 0 Å². The summed E-state index contributed by atoms with van der Waals surface area (Å²) in [7, 11) is 0. The Morgan fingerprint density at radius 2 is 2.10 bits per heavy atom. The fraction of sp³-hybridized carbons (Fsp3) is 0.200. The van der Waals surface area contributed by atoms with Crippen LogP contribution in [0.2, 0.25) is 5.02 Å². The molecular formula is C15H14BrClN2O2. The van der Waals surface area contributed by atoms with Gasteiger partial charge in [0.05, 0.1) is 4.92 Å². The summed E-state index contributed by atoms with van der Waals surface area (Å²) in [5.74, 6) is 0. The monoisotopic (exact) mass is 368 g/mol. The molecule has 2 aromatic rings. The van der Waals surface area contributed by atoms with Gasteiger partial charge in [-0.3, -0.25) is 10.1 Å². The average molecular weight is 370 g/mol. The van der Waals surface area contributed by atoms with Crippen molar-refractivity contribution in [2.24, 2.45) is 0 Å². The van der Waals surface area contributed by atoms with Crippen LogP contribution in [0.3, 0.4) is 0 Å². The highest BCUT2D eigenvalue weighted by Crippen LogP contribution is 2.23. The van der Waals surface area contributed by atoms with Crippen molar-refractivity contribution < 1.29 is 4.92 Å². The van der Waals surface area contributed by atoms with Crippen LogP contribution < -0.4 is 5.32 Å². The van der Waals surface area contributed by atoms with E-state index < -0.39 is 4.92 Å². The molecule has 2 aromatic carbocycles. The van der Waals surface area contributed by atoms with Gasteiger partial charge in [0.25, 0.3) is 5.69 Å². The van der Waals surface area contributed by atoms with Crippen LogP contribution in [-0.2, 0) is 6.54 Å². The maximum atomic E-state index is 10.8. The molecule has 0 aromatic heterocycles. The Morgan fingerprint density at radius 3 is 2.76 bits per heavy atom. The van der Waals surface area contributed by atoms with Crippen LogP contribution in [0.5, 0.6) is 0 Å². The van der Waals surface area contributed by atoms with Crippen LogP contribution in [0.1, 0.15) is 24.1 Å². The largest absolute Gasteiger partial charge is 0.306 e. The highest BCUT2D eigenvalue weighted by atomic mass is 79.9. The van der Waals surface area contributed by atoms with E-state index >= 15 is 0 Å². The predicted octanol–water partition coefficient (Wildman–Crippen LogP) is 4.86. The number of halogens is 2. The Balaban J connectivity index is 2.09. The van der Waals surface area contributed by atoms with Gasteiger partial charge >= 0.3 is 0 Å². The van der Waals surface area contributed by atoms with Crippen molar-refractivity contribution in [1.82, 2.24) is 5.32 Å². The number of non-ortho nitro benzene ring substituents is 1. The Bertz CT molecular complexity index is 664. The molecule has 0 unspecified atom stereocenters. The summed E-state index contributed by atoms with van der Waals surface area (Å²) in [6.45, 7) is 2.50. The zero-order valence-electron chi connectivity index (χ0n) is 11.3. The number of hydrogen-bond acceptors (Lipinski definition) is 3. The van der Waals surface area contributed by atoms with Gasteiger partial charge in [0.2, 0.25) is 0 Å². The second kappa shape index (κ2) is 7.02. The molecule has 0 radical (unpaired) electrons. The molecule has 0 fully saturated rings. The third kappa shape index (κ3) is 4.27. The number of benzene rings is 2.